The van der Waals surface area contributed by atoms with Gasteiger partial charge in [-0.05, 0) is 31.7 Å². The van der Waals surface area contributed by atoms with Gasteiger partial charge in [0.25, 0.3) is 0 Å². The van der Waals surface area contributed by atoms with Gasteiger partial charge in [-0.15, -0.1) is 0 Å². The fourth-order valence-corrected chi connectivity index (χ4v) is 1.40. The molecule has 0 fully saturated rings. The van der Waals surface area contributed by atoms with Gasteiger partial charge in [0.2, 0.25) is 0 Å². The summed E-state index contributed by atoms with van der Waals surface area (Å²) in [5.74, 6) is 0.376. The Morgan fingerprint density at radius 2 is 1.94 bits per heavy atom. The lowest BCUT2D eigenvalue weighted by Crippen LogP contribution is -2.19. The summed E-state index contributed by atoms with van der Waals surface area (Å²) in [5.41, 5.74) is 0.911. The van der Waals surface area contributed by atoms with Crippen molar-refractivity contribution in [3.8, 4) is 11.5 Å². The van der Waals surface area contributed by atoms with Crippen LogP contribution >= 0.6 is 0 Å². The lowest BCUT2D eigenvalue weighted by Gasteiger charge is -2.16. The van der Waals surface area contributed by atoms with Crippen molar-refractivity contribution in [3.63, 3.8) is 0 Å². The van der Waals surface area contributed by atoms with E-state index < -0.39 is 12.8 Å². The van der Waals surface area contributed by atoms with Crippen molar-refractivity contribution in [2.45, 2.75) is 19.1 Å². The van der Waals surface area contributed by atoms with Crippen LogP contribution in [0.15, 0.2) is 18.2 Å². The highest BCUT2D eigenvalue weighted by molar-refractivity contribution is 5.43. The quantitative estimate of drug-likeness (QED) is 0.886. The second kappa shape index (κ2) is 5.95. The van der Waals surface area contributed by atoms with Crippen LogP contribution in [0.5, 0.6) is 11.5 Å². The standard InChI is InChI=1S/C12H16F3NO2/c1-8(16-2)9-4-5-10(11(6-9)17-3)18-7-12(13,14)15/h4-6,8,16H,7H2,1-3H3. The first-order chi connectivity index (χ1) is 8.37. The lowest BCUT2D eigenvalue weighted by atomic mass is 10.1. The molecule has 0 aliphatic rings. The zero-order valence-electron chi connectivity index (χ0n) is 10.5. The van der Waals surface area contributed by atoms with Crippen LogP contribution in [0, 0.1) is 0 Å². The first kappa shape index (κ1) is 14.6. The van der Waals surface area contributed by atoms with Crippen LogP contribution in [0.1, 0.15) is 18.5 Å². The molecule has 0 aliphatic carbocycles. The lowest BCUT2D eigenvalue weighted by molar-refractivity contribution is -0.153. The van der Waals surface area contributed by atoms with Gasteiger partial charge in [-0.3, -0.25) is 0 Å². The van der Waals surface area contributed by atoms with E-state index in [1.807, 2.05) is 6.92 Å². The summed E-state index contributed by atoms with van der Waals surface area (Å²) in [6, 6.07) is 4.92. The summed E-state index contributed by atoms with van der Waals surface area (Å²) in [6.45, 7) is 0.606. The number of benzene rings is 1. The average Bonchev–Trinajstić information content (AvgIpc) is 2.34. The third kappa shape index (κ3) is 4.10. The molecule has 0 aliphatic heterocycles. The maximum absolute atomic E-state index is 12.1. The van der Waals surface area contributed by atoms with Gasteiger partial charge in [0.05, 0.1) is 7.11 Å². The van der Waals surface area contributed by atoms with Gasteiger partial charge in [-0.2, -0.15) is 13.2 Å². The van der Waals surface area contributed by atoms with Gasteiger partial charge in [0, 0.05) is 6.04 Å². The van der Waals surface area contributed by atoms with Crippen molar-refractivity contribution in [2.75, 3.05) is 20.8 Å². The molecule has 1 aromatic rings. The van der Waals surface area contributed by atoms with Gasteiger partial charge in [0.1, 0.15) is 0 Å². The van der Waals surface area contributed by atoms with Gasteiger partial charge >= 0.3 is 6.18 Å². The minimum atomic E-state index is -4.36. The third-order valence-corrected chi connectivity index (χ3v) is 2.51. The topological polar surface area (TPSA) is 30.5 Å². The number of ether oxygens (including phenoxy) is 2. The van der Waals surface area contributed by atoms with Crippen LogP contribution in [0.2, 0.25) is 0 Å². The van der Waals surface area contributed by atoms with Crippen LogP contribution in [0.25, 0.3) is 0 Å². The Labute approximate surface area is 104 Å². The Kier molecular flexibility index (Phi) is 4.84. The van der Waals surface area contributed by atoms with Crippen molar-refractivity contribution in [2.24, 2.45) is 0 Å². The molecule has 1 rings (SSSR count). The van der Waals surface area contributed by atoms with E-state index in [0.29, 0.717) is 5.75 Å². The molecule has 3 nitrogen and oxygen atoms in total. The van der Waals surface area contributed by atoms with Gasteiger partial charge in [0.15, 0.2) is 18.1 Å². The second-order valence-corrected chi connectivity index (χ2v) is 3.82. The van der Waals surface area contributed by atoms with Crippen molar-refractivity contribution in [1.82, 2.24) is 5.32 Å². The van der Waals surface area contributed by atoms with Crippen LogP contribution in [0.3, 0.4) is 0 Å². The summed E-state index contributed by atoms with van der Waals surface area (Å²) >= 11 is 0. The molecule has 0 amide bonds. The molecule has 0 saturated carbocycles. The fourth-order valence-electron chi connectivity index (χ4n) is 1.40. The first-order valence-electron chi connectivity index (χ1n) is 5.42. The molecule has 0 heterocycles. The summed E-state index contributed by atoms with van der Waals surface area (Å²) in [4.78, 5) is 0. The van der Waals surface area contributed by atoms with Gasteiger partial charge in [-0.1, -0.05) is 6.07 Å². The van der Waals surface area contributed by atoms with Crippen molar-refractivity contribution in [3.05, 3.63) is 23.8 Å². The maximum atomic E-state index is 12.1. The molecule has 18 heavy (non-hydrogen) atoms. The molecule has 0 radical (unpaired) electrons. The van der Waals surface area contributed by atoms with E-state index in [1.54, 1.807) is 19.2 Å². The van der Waals surface area contributed by atoms with Gasteiger partial charge < -0.3 is 14.8 Å². The molecular weight excluding hydrogens is 247 g/mol. The van der Waals surface area contributed by atoms with Crippen LogP contribution in [0.4, 0.5) is 13.2 Å². The van der Waals surface area contributed by atoms with E-state index in [9.17, 15) is 13.2 Å². The molecule has 1 atom stereocenters. The largest absolute Gasteiger partial charge is 0.493 e. The number of hydrogen-bond acceptors (Lipinski definition) is 3. The number of methoxy groups -OCH3 is 1. The predicted molar refractivity (Wildman–Crippen MR) is 62.0 cm³/mol. The normalized spacial score (nSPS) is 13.2. The Morgan fingerprint density at radius 3 is 2.44 bits per heavy atom. The summed E-state index contributed by atoms with van der Waals surface area (Å²) in [5, 5.41) is 3.03. The van der Waals surface area contributed by atoms with E-state index >= 15 is 0 Å². The first-order valence-corrected chi connectivity index (χ1v) is 5.42. The maximum Gasteiger partial charge on any atom is 0.422 e. The zero-order valence-corrected chi connectivity index (χ0v) is 10.5. The Morgan fingerprint density at radius 1 is 1.28 bits per heavy atom. The van der Waals surface area contributed by atoms with Crippen molar-refractivity contribution < 1.29 is 22.6 Å². The monoisotopic (exact) mass is 263 g/mol. The number of alkyl halides is 3. The van der Waals surface area contributed by atoms with E-state index in [0.717, 1.165) is 5.56 Å². The molecule has 0 aromatic heterocycles. The number of hydrogen-bond donors (Lipinski definition) is 1. The summed E-state index contributed by atoms with van der Waals surface area (Å²) < 4.78 is 45.9. The Bertz CT molecular complexity index is 393. The Balaban J connectivity index is 2.87. The minimum Gasteiger partial charge on any atom is -0.493 e. The zero-order chi connectivity index (χ0) is 13.8. The molecular formula is C12H16F3NO2. The Hall–Kier alpha value is -1.43. The van der Waals surface area contributed by atoms with E-state index in [1.165, 1.54) is 13.2 Å². The molecule has 0 bridgehead atoms. The van der Waals surface area contributed by atoms with E-state index in [-0.39, 0.29) is 11.8 Å². The van der Waals surface area contributed by atoms with Crippen LogP contribution in [-0.2, 0) is 0 Å². The summed E-state index contributed by atoms with van der Waals surface area (Å²) in [7, 11) is 3.19. The highest BCUT2D eigenvalue weighted by Gasteiger charge is 2.29. The molecule has 6 heteroatoms. The van der Waals surface area contributed by atoms with E-state index in [4.69, 9.17) is 9.47 Å². The number of rotatable bonds is 5. The molecule has 0 saturated heterocycles. The summed E-state index contributed by atoms with van der Waals surface area (Å²) in [6.07, 6.45) is -4.36. The van der Waals surface area contributed by atoms with Crippen LogP contribution in [-0.4, -0.2) is 26.9 Å². The minimum absolute atomic E-state index is 0.0792. The van der Waals surface area contributed by atoms with Crippen molar-refractivity contribution in [1.29, 1.82) is 0 Å². The molecule has 1 N–H and O–H groups in total. The smallest absolute Gasteiger partial charge is 0.422 e. The van der Waals surface area contributed by atoms with Gasteiger partial charge in [-0.25, -0.2) is 0 Å². The third-order valence-electron chi connectivity index (χ3n) is 2.51. The second-order valence-electron chi connectivity index (χ2n) is 3.82. The molecule has 1 unspecified atom stereocenters. The molecule has 1 aromatic carbocycles. The fraction of sp³-hybridized carbons (Fsp3) is 0.500. The average molecular weight is 263 g/mol. The number of nitrogens with one attached hydrogen (secondary N) is 1. The number of halogens is 3. The molecule has 102 valence electrons. The van der Waals surface area contributed by atoms with Crippen LogP contribution < -0.4 is 14.8 Å². The van der Waals surface area contributed by atoms with E-state index in [2.05, 4.69) is 5.32 Å². The molecule has 0 spiro atoms. The SMILES string of the molecule is CNC(C)c1ccc(OCC(F)(F)F)c(OC)c1. The predicted octanol–water partition coefficient (Wildman–Crippen LogP) is 2.92. The highest BCUT2D eigenvalue weighted by Crippen LogP contribution is 2.31. The highest BCUT2D eigenvalue weighted by atomic mass is 19.4. The van der Waals surface area contributed by atoms with Crippen molar-refractivity contribution >= 4 is 0 Å².